The van der Waals surface area contributed by atoms with Crippen molar-refractivity contribution in [2.75, 3.05) is 10.6 Å². The van der Waals surface area contributed by atoms with Gasteiger partial charge in [0.2, 0.25) is 5.91 Å². The van der Waals surface area contributed by atoms with E-state index >= 15 is 0 Å². The van der Waals surface area contributed by atoms with E-state index in [-0.39, 0.29) is 17.6 Å². The third kappa shape index (κ3) is 5.22. The van der Waals surface area contributed by atoms with Gasteiger partial charge in [0.1, 0.15) is 5.75 Å². The lowest BCUT2D eigenvalue weighted by Crippen LogP contribution is -2.11. The molecule has 3 N–H and O–H groups in total. The first kappa shape index (κ1) is 22.1. The Morgan fingerprint density at radius 2 is 1.73 bits per heavy atom. The van der Waals surface area contributed by atoms with Gasteiger partial charge >= 0.3 is 0 Å². The molecule has 0 unspecified atom stereocenters. The number of benzene rings is 4. The van der Waals surface area contributed by atoms with E-state index in [0.29, 0.717) is 22.0 Å². The van der Waals surface area contributed by atoms with Gasteiger partial charge in [0.25, 0.3) is 5.91 Å². The summed E-state index contributed by atoms with van der Waals surface area (Å²) in [5, 5.41) is 17.7. The summed E-state index contributed by atoms with van der Waals surface area (Å²) >= 11 is 6.06. The Bertz CT molecular complexity index is 1400. The van der Waals surface area contributed by atoms with Crippen LogP contribution in [0, 0.1) is 6.92 Å². The van der Waals surface area contributed by atoms with Gasteiger partial charge in [-0.1, -0.05) is 48.0 Å². The maximum atomic E-state index is 12.8. The van der Waals surface area contributed by atoms with Crippen LogP contribution < -0.4 is 10.6 Å². The van der Waals surface area contributed by atoms with E-state index in [0.717, 1.165) is 21.9 Å². The van der Waals surface area contributed by atoms with Crippen LogP contribution in [-0.2, 0) is 4.79 Å². The zero-order valence-corrected chi connectivity index (χ0v) is 18.6. The molecule has 4 aromatic carbocycles. The molecule has 0 saturated carbocycles. The lowest BCUT2D eigenvalue weighted by molar-refractivity contribution is -0.111. The highest BCUT2D eigenvalue weighted by atomic mass is 35.5. The van der Waals surface area contributed by atoms with Crippen molar-refractivity contribution >= 4 is 51.6 Å². The summed E-state index contributed by atoms with van der Waals surface area (Å²) in [6, 6.07) is 23.0. The first-order valence-electron chi connectivity index (χ1n) is 10.3. The number of hydrogen-bond acceptors (Lipinski definition) is 3. The molecule has 0 atom stereocenters. The van der Waals surface area contributed by atoms with Crippen LogP contribution in [0.25, 0.3) is 16.8 Å². The molecule has 4 aromatic rings. The highest BCUT2D eigenvalue weighted by Crippen LogP contribution is 2.27. The van der Waals surface area contributed by atoms with E-state index in [1.807, 2.05) is 19.1 Å². The minimum absolute atomic E-state index is 0.227. The number of aryl methyl sites for hydroxylation is 1. The highest BCUT2D eigenvalue weighted by Gasteiger charge is 2.09. The predicted octanol–water partition coefficient (Wildman–Crippen LogP) is 6.41. The molecule has 0 aromatic heterocycles. The lowest BCUT2D eigenvalue weighted by Gasteiger charge is -2.09. The quantitative estimate of drug-likeness (QED) is 0.303. The number of phenolic OH excluding ortho intramolecular Hbond substituents is 1. The molecule has 0 aliphatic rings. The van der Waals surface area contributed by atoms with Crippen LogP contribution in [0.1, 0.15) is 21.5 Å². The summed E-state index contributed by atoms with van der Waals surface area (Å²) < 4.78 is 0. The Kier molecular flexibility index (Phi) is 6.43. The molecule has 0 bridgehead atoms. The summed E-state index contributed by atoms with van der Waals surface area (Å²) in [5.41, 5.74) is 3.18. The van der Waals surface area contributed by atoms with Gasteiger partial charge in [-0.05, 0) is 77.4 Å². The van der Waals surface area contributed by atoms with E-state index in [2.05, 4.69) is 10.6 Å². The summed E-state index contributed by atoms with van der Waals surface area (Å²) in [5.74, 6) is -0.333. The number of para-hydroxylation sites is 1. The second-order valence-corrected chi connectivity index (χ2v) is 7.93. The molecule has 0 radical (unpaired) electrons. The van der Waals surface area contributed by atoms with Gasteiger partial charge in [0, 0.05) is 17.3 Å². The standard InChI is InChI=1S/C27H21ClN2O3/c1-17-22-12-10-20(16-19(22)11-13-25(17)31)27(33)29-21-6-4-5-18(15-21)9-14-26(32)30-24-8-3-2-7-23(24)28/h2-16,31H,1H3,(H,29,33)(H,30,32)/b14-9+. The number of rotatable bonds is 5. The minimum atomic E-state index is -0.310. The van der Waals surface area contributed by atoms with Crippen LogP contribution in [0.2, 0.25) is 5.02 Å². The van der Waals surface area contributed by atoms with Crippen LogP contribution in [0.3, 0.4) is 0 Å². The molecule has 0 spiro atoms. The number of carbonyl (C=O) groups is 2. The summed E-state index contributed by atoms with van der Waals surface area (Å²) in [7, 11) is 0. The Morgan fingerprint density at radius 3 is 2.55 bits per heavy atom. The normalized spacial score (nSPS) is 11.0. The molecule has 0 heterocycles. The van der Waals surface area contributed by atoms with Crippen molar-refractivity contribution in [3.63, 3.8) is 0 Å². The van der Waals surface area contributed by atoms with Crippen molar-refractivity contribution in [2.24, 2.45) is 0 Å². The average molecular weight is 457 g/mol. The number of anilines is 2. The number of carbonyl (C=O) groups excluding carboxylic acids is 2. The minimum Gasteiger partial charge on any atom is -0.508 e. The van der Waals surface area contributed by atoms with Crippen molar-refractivity contribution in [1.29, 1.82) is 0 Å². The Hall–Kier alpha value is -4.09. The predicted molar refractivity (Wildman–Crippen MR) is 134 cm³/mol. The van der Waals surface area contributed by atoms with Gasteiger partial charge in [-0.25, -0.2) is 0 Å². The topological polar surface area (TPSA) is 78.4 Å². The monoisotopic (exact) mass is 456 g/mol. The fraction of sp³-hybridized carbons (Fsp3) is 0.0370. The first-order chi connectivity index (χ1) is 15.9. The fourth-order valence-corrected chi connectivity index (χ4v) is 3.63. The van der Waals surface area contributed by atoms with Crippen LogP contribution >= 0.6 is 11.6 Å². The van der Waals surface area contributed by atoms with E-state index < -0.39 is 0 Å². The van der Waals surface area contributed by atoms with Gasteiger partial charge < -0.3 is 15.7 Å². The molecule has 5 nitrogen and oxygen atoms in total. The van der Waals surface area contributed by atoms with Crippen molar-refractivity contribution in [3.8, 4) is 5.75 Å². The largest absolute Gasteiger partial charge is 0.508 e. The number of amides is 2. The van der Waals surface area contributed by atoms with Crippen molar-refractivity contribution in [1.82, 2.24) is 0 Å². The maximum Gasteiger partial charge on any atom is 0.255 e. The van der Waals surface area contributed by atoms with Gasteiger partial charge in [-0.2, -0.15) is 0 Å². The maximum absolute atomic E-state index is 12.8. The third-order valence-electron chi connectivity index (χ3n) is 5.23. The summed E-state index contributed by atoms with van der Waals surface area (Å²) in [6.45, 7) is 1.84. The second-order valence-electron chi connectivity index (χ2n) is 7.53. The Morgan fingerprint density at radius 1 is 0.909 bits per heavy atom. The molecule has 33 heavy (non-hydrogen) atoms. The van der Waals surface area contributed by atoms with Crippen LogP contribution in [0.15, 0.2) is 84.9 Å². The van der Waals surface area contributed by atoms with Crippen LogP contribution in [0.4, 0.5) is 11.4 Å². The second kappa shape index (κ2) is 9.59. The molecular formula is C27H21ClN2O3. The lowest BCUT2D eigenvalue weighted by atomic mass is 10.0. The Balaban J connectivity index is 1.45. The van der Waals surface area contributed by atoms with Gasteiger partial charge in [0.15, 0.2) is 0 Å². The molecule has 2 amide bonds. The average Bonchev–Trinajstić information content (AvgIpc) is 2.82. The van der Waals surface area contributed by atoms with Crippen molar-refractivity contribution in [2.45, 2.75) is 6.92 Å². The number of fused-ring (bicyclic) bond motifs is 1. The fourth-order valence-electron chi connectivity index (χ4n) is 3.45. The molecular weight excluding hydrogens is 436 g/mol. The zero-order valence-electron chi connectivity index (χ0n) is 17.8. The van der Waals surface area contributed by atoms with E-state index in [1.54, 1.807) is 72.8 Å². The highest BCUT2D eigenvalue weighted by molar-refractivity contribution is 6.33. The van der Waals surface area contributed by atoms with Crippen molar-refractivity contribution in [3.05, 3.63) is 107 Å². The number of phenols is 1. The first-order valence-corrected chi connectivity index (χ1v) is 10.7. The molecule has 0 aliphatic heterocycles. The van der Waals surface area contributed by atoms with E-state index in [1.165, 1.54) is 6.08 Å². The van der Waals surface area contributed by atoms with E-state index in [9.17, 15) is 14.7 Å². The van der Waals surface area contributed by atoms with Crippen molar-refractivity contribution < 1.29 is 14.7 Å². The molecule has 0 fully saturated rings. The molecule has 6 heteroatoms. The smallest absolute Gasteiger partial charge is 0.255 e. The number of hydrogen-bond donors (Lipinski definition) is 3. The molecule has 164 valence electrons. The number of nitrogens with one attached hydrogen (secondary N) is 2. The van der Waals surface area contributed by atoms with E-state index in [4.69, 9.17) is 11.6 Å². The van der Waals surface area contributed by atoms with Crippen LogP contribution in [0.5, 0.6) is 5.75 Å². The molecule has 4 rings (SSSR count). The SMILES string of the molecule is Cc1c(O)ccc2cc(C(=O)Nc3cccc(/C=C/C(=O)Nc4ccccc4Cl)c3)ccc12. The van der Waals surface area contributed by atoms with Gasteiger partial charge in [0.05, 0.1) is 10.7 Å². The number of halogens is 1. The summed E-state index contributed by atoms with van der Waals surface area (Å²) in [6.07, 6.45) is 3.07. The third-order valence-corrected chi connectivity index (χ3v) is 5.56. The van der Waals surface area contributed by atoms with Crippen LogP contribution in [-0.4, -0.2) is 16.9 Å². The zero-order chi connectivity index (χ0) is 23.4. The van der Waals surface area contributed by atoms with Gasteiger partial charge in [-0.15, -0.1) is 0 Å². The molecule has 0 saturated heterocycles. The molecule has 0 aliphatic carbocycles. The number of aromatic hydroxyl groups is 1. The summed E-state index contributed by atoms with van der Waals surface area (Å²) in [4.78, 5) is 25.0. The Labute approximate surface area is 196 Å². The van der Waals surface area contributed by atoms with Gasteiger partial charge in [-0.3, -0.25) is 9.59 Å².